The highest BCUT2D eigenvalue weighted by Crippen LogP contribution is 2.26. The summed E-state index contributed by atoms with van der Waals surface area (Å²) < 4.78 is 18.4. The van der Waals surface area contributed by atoms with Crippen molar-refractivity contribution in [3.63, 3.8) is 0 Å². The summed E-state index contributed by atoms with van der Waals surface area (Å²) in [7, 11) is -1.53. The SMILES string of the molecule is CC(C)(O)C(C)(C)OB(O)c1cccc(F)c1O. The number of hydrogen-bond donors (Lipinski definition) is 3. The molecule has 4 nitrogen and oxygen atoms in total. The number of aromatic hydroxyl groups is 1. The predicted octanol–water partition coefficient (Wildman–Crippen LogP) is 0.785. The van der Waals surface area contributed by atoms with Gasteiger partial charge < -0.3 is 19.9 Å². The molecule has 0 amide bonds. The second kappa shape index (κ2) is 4.88. The standard InChI is InChI=1S/C12H18BFO4/c1-11(2,16)12(3,4)18-13(17)8-6-5-7-9(14)10(8)15/h5-7,15-17H,1-4H3. The largest absolute Gasteiger partial charge is 0.505 e. The summed E-state index contributed by atoms with van der Waals surface area (Å²) in [5.41, 5.74) is -2.37. The lowest BCUT2D eigenvalue weighted by Gasteiger charge is -2.38. The molecule has 0 unspecified atom stereocenters. The van der Waals surface area contributed by atoms with Crippen LogP contribution in [0.2, 0.25) is 0 Å². The molecule has 0 aliphatic heterocycles. The van der Waals surface area contributed by atoms with Gasteiger partial charge in [-0.2, -0.15) is 0 Å². The van der Waals surface area contributed by atoms with Crippen LogP contribution in [0.3, 0.4) is 0 Å². The molecule has 0 aromatic heterocycles. The minimum absolute atomic E-state index is 0.0766. The fourth-order valence-corrected chi connectivity index (χ4v) is 1.22. The Labute approximate surface area is 106 Å². The molecule has 3 N–H and O–H groups in total. The normalized spacial score (nSPS) is 12.6. The lowest BCUT2D eigenvalue weighted by molar-refractivity contribution is -0.0983. The van der Waals surface area contributed by atoms with Crippen LogP contribution in [0.1, 0.15) is 27.7 Å². The number of para-hydroxylation sites is 1. The molecule has 0 spiro atoms. The third-order valence-electron chi connectivity index (χ3n) is 3.16. The van der Waals surface area contributed by atoms with Crippen molar-refractivity contribution in [2.45, 2.75) is 38.9 Å². The van der Waals surface area contributed by atoms with Gasteiger partial charge in [-0.3, -0.25) is 0 Å². The van der Waals surface area contributed by atoms with Gasteiger partial charge in [0, 0.05) is 5.46 Å². The molecule has 1 rings (SSSR count). The topological polar surface area (TPSA) is 69.9 Å². The molecule has 0 aliphatic carbocycles. The van der Waals surface area contributed by atoms with Crippen molar-refractivity contribution in [2.75, 3.05) is 0 Å². The molecule has 18 heavy (non-hydrogen) atoms. The third kappa shape index (κ3) is 3.01. The van der Waals surface area contributed by atoms with Crippen LogP contribution < -0.4 is 5.46 Å². The molecule has 0 heterocycles. The van der Waals surface area contributed by atoms with Crippen molar-refractivity contribution in [2.24, 2.45) is 0 Å². The van der Waals surface area contributed by atoms with Gasteiger partial charge in [-0.1, -0.05) is 12.1 Å². The van der Waals surface area contributed by atoms with Gasteiger partial charge in [-0.15, -0.1) is 0 Å². The van der Waals surface area contributed by atoms with E-state index in [1.54, 1.807) is 13.8 Å². The molecular formula is C12H18BFO4. The Morgan fingerprint density at radius 2 is 1.78 bits per heavy atom. The molecular weight excluding hydrogens is 238 g/mol. The van der Waals surface area contributed by atoms with E-state index in [0.717, 1.165) is 6.07 Å². The number of hydrogen-bond acceptors (Lipinski definition) is 4. The Hall–Kier alpha value is -1.11. The van der Waals surface area contributed by atoms with E-state index in [9.17, 15) is 19.6 Å². The van der Waals surface area contributed by atoms with Gasteiger partial charge >= 0.3 is 7.12 Å². The van der Waals surface area contributed by atoms with E-state index in [1.165, 1.54) is 26.0 Å². The molecule has 0 radical (unpaired) electrons. The van der Waals surface area contributed by atoms with Gasteiger partial charge in [0.2, 0.25) is 0 Å². The van der Waals surface area contributed by atoms with E-state index in [0.29, 0.717) is 0 Å². The highest BCUT2D eigenvalue weighted by molar-refractivity contribution is 6.61. The first-order valence-corrected chi connectivity index (χ1v) is 5.62. The monoisotopic (exact) mass is 256 g/mol. The Bertz CT molecular complexity index is 429. The van der Waals surface area contributed by atoms with E-state index < -0.39 is 29.9 Å². The average molecular weight is 256 g/mol. The zero-order valence-corrected chi connectivity index (χ0v) is 10.9. The summed E-state index contributed by atoms with van der Waals surface area (Å²) in [6.45, 7) is 6.25. The van der Waals surface area contributed by atoms with Crippen LogP contribution in [0.15, 0.2) is 18.2 Å². The third-order valence-corrected chi connectivity index (χ3v) is 3.16. The first-order chi connectivity index (χ1) is 8.06. The summed E-state index contributed by atoms with van der Waals surface area (Å²) >= 11 is 0. The number of phenols is 1. The minimum atomic E-state index is -1.53. The summed E-state index contributed by atoms with van der Waals surface area (Å²) in [6, 6.07) is 3.78. The second-order valence-corrected chi connectivity index (χ2v) is 5.22. The highest BCUT2D eigenvalue weighted by Gasteiger charge is 2.40. The van der Waals surface area contributed by atoms with Gasteiger partial charge in [0.1, 0.15) is 0 Å². The quantitative estimate of drug-likeness (QED) is 0.696. The van der Waals surface area contributed by atoms with Crippen molar-refractivity contribution >= 4 is 12.6 Å². The smallest absolute Gasteiger partial charge is 0.495 e. The van der Waals surface area contributed by atoms with Gasteiger partial charge in [0.05, 0.1) is 11.2 Å². The first kappa shape index (κ1) is 15.0. The molecule has 0 fully saturated rings. The van der Waals surface area contributed by atoms with Gasteiger partial charge in [-0.25, -0.2) is 4.39 Å². The predicted molar refractivity (Wildman–Crippen MR) is 67.1 cm³/mol. The minimum Gasteiger partial charge on any atom is -0.505 e. The summed E-state index contributed by atoms with van der Waals surface area (Å²) in [6.07, 6.45) is 0. The van der Waals surface area contributed by atoms with Crippen LogP contribution in [0.5, 0.6) is 5.75 Å². The highest BCUT2D eigenvalue weighted by atomic mass is 19.1. The van der Waals surface area contributed by atoms with E-state index >= 15 is 0 Å². The van der Waals surface area contributed by atoms with Crippen LogP contribution in [-0.4, -0.2) is 33.6 Å². The van der Waals surface area contributed by atoms with Crippen molar-refractivity contribution in [3.8, 4) is 5.75 Å². The fraction of sp³-hybridized carbons (Fsp3) is 0.500. The van der Waals surface area contributed by atoms with Crippen LogP contribution in [0, 0.1) is 5.82 Å². The number of rotatable bonds is 4. The first-order valence-electron chi connectivity index (χ1n) is 5.62. The lowest BCUT2D eigenvalue weighted by Crippen LogP contribution is -2.53. The van der Waals surface area contributed by atoms with E-state index in [1.807, 2.05) is 0 Å². The van der Waals surface area contributed by atoms with E-state index in [2.05, 4.69) is 0 Å². The summed E-state index contributed by atoms with van der Waals surface area (Å²) in [5, 5.41) is 29.2. The molecule has 1 aromatic carbocycles. The van der Waals surface area contributed by atoms with Crippen LogP contribution in [0.25, 0.3) is 0 Å². The number of halogens is 1. The van der Waals surface area contributed by atoms with E-state index in [4.69, 9.17) is 4.65 Å². The van der Waals surface area contributed by atoms with Crippen LogP contribution in [0.4, 0.5) is 4.39 Å². The molecule has 0 atom stereocenters. The van der Waals surface area contributed by atoms with Gasteiger partial charge in [-0.05, 0) is 33.8 Å². The molecule has 0 aliphatic rings. The zero-order valence-electron chi connectivity index (χ0n) is 10.9. The van der Waals surface area contributed by atoms with Crippen molar-refractivity contribution < 1.29 is 24.3 Å². The van der Waals surface area contributed by atoms with Crippen LogP contribution >= 0.6 is 0 Å². The van der Waals surface area contributed by atoms with Crippen molar-refractivity contribution in [1.82, 2.24) is 0 Å². The van der Waals surface area contributed by atoms with Gasteiger partial charge in [0.15, 0.2) is 11.6 Å². The van der Waals surface area contributed by atoms with Gasteiger partial charge in [0.25, 0.3) is 0 Å². The molecule has 100 valence electrons. The Balaban J connectivity index is 2.96. The van der Waals surface area contributed by atoms with Crippen LogP contribution in [-0.2, 0) is 4.65 Å². The van der Waals surface area contributed by atoms with Crippen molar-refractivity contribution in [3.05, 3.63) is 24.0 Å². The maximum absolute atomic E-state index is 13.1. The maximum atomic E-state index is 13.1. The number of aliphatic hydroxyl groups is 1. The molecule has 0 saturated heterocycles. The summed E-state index contributed by atoms with van der Waals surface area (Å²) in [5.74, 6) is -1.49. The fourth-order valence-electron chi connectivity index (χ4n) is 1.22. The molecule has 0 bridgehead atoms. The maximum Gasteiger partial charge on any atom is 0.495 e. The molecule has 6 heteroatoms. The number of benzene rings is 1. The average Bonchev–Trinajstić information content (AvgIpc) is 2.19. The second-order valence-electron chi connectivity index (χ2n) is 5.22. The Morgan fingerprint density at radius 3 is 2.28 bits per heavy atom. The Morgan fingerprint density at radius 1 is 1.22 bits per heavy atom. The Kier molecular flexibility index (Phi) is 4.05. The molecule has 1 aromatic rings. The van der Waals surface area contributed by atoms with Crippen molar-refractivity contribution in [1.29, 1.82) is 0 Å². The lowest BCUT2D eigenvalue weighted by atomic mass is 9.76. The molecule has 0 saturated carbocycles. The van der Waals surface area contributed by atoms with E-state index in [-0.39, 0.29) is 5.46 Å². The zero-order chi connectivity index (χ0) is 14.1. The number of phenolic OH excluding ortho intramolecular Hbond substituents is 1. The summed E-state index contributed by atoms with van der Waals surface area (Å²) in [4.78, 5) is 0.